The predicted octanol–water partition coefficient (Wildman–Crippen LogP) is 4.19. The number of hydrogen-bond acceptors (Lipinski definition) is 3. The van der Waals surface area contributed by atoms with E-state index in [-0.39, 0.29) is 5.91 Å². The van der Waals surface area contributed by atoms with Crippen molar-refractivity contribution in [1.82, 2.24) is 0 Å². The molecule has 0 N–H and O–H groups in total. The molecule has 0 saturated carbocycles. The van der Waals surface area contributed by atoms with E-state index in [2.05, 4.69) is 12.1 Å². The van der Waals surface area contributed by atoms with Gasteiger partial charge in [-0.2, -0.15) is 0 Å². The lowest BCUT2D eigenvalue weighted by Crippen LogP contribution is -2.38. The van der Waals surface area contributed by atoms with Gasteiger partial charge in [0.1, 0.15) is 12.4 Å². The Balaban J connectivity index is 1.87. The number of nitrogens with zero attached hydrogens (tertiary/aromatic N) is 1. The zero-order valence-corrected chi connectivity index (χ0v) is 13.6. The molecule has 0 spiro atoms. The summed E-state index contributed by atoms with van der Waals surface area (Å²) in [6, 6.07) is 16.1. The zero-order chi connectivity index (χ0) is 15.4. The number of amides is 1. The summed E-state index contributed by atoms with van der Waals surface area (Å²) < 4.78 is 5.65. The summed E-state index contributed by atoms with van der Waals surface area (Å²) in [4.78, 5) is 16.2. The molecule has 0 atom stereocenters. The Morgan fingerprint density at radius 3 is 2.77 bits per heavy atom. The van der Waals surface area contributed by atoms with E-state index in [1.807, 2.05) is 36.4 Å². The highest BCUT2D eigenvalue weighted by Gasteiger charge is 2.23. The summed E-state index contributed by atoms with van der Waals surface area (Å²) in [6.45, 7) is 1.09. The van der Waals surface area contributed by atoms with Gasteiger partial charge in [-0.1, -0.05) is 30.0 Å². The van der Waals surface area contributed by atoms with Crippen molar-refractivity contribution >= 4 is 35.0 Å². The number of anilines is 1. The van der Waals surface area contributed by atoms with Crippen molar-refractivity contribution in [2.24, 2.45) is 0 Å². The van der Waals surface area contributed by atoms with E-state index in [9.17, 15) is 4.79 Å². The van der Waals surface area contributed by atoms with E-state index < -0.39 is 0 Å². The van der Waals surface area contributed by atoms with Gasteiger partial charge in [0.05, 0.1) is 12.2 Å². The van der Waals surface area contributed by atoms with Gasteiger partial charge in [-0.05, 0) is 30.3 Å². The van der Waals surface area contributed by atoms with Crippen molar-refractivity contribution in [2.75, 3.05) is 23.9 Å². The minimum absolute atomic E-state index is 0.0430. The highest BCUT2D eigenvalue weighted by Crippen LogP contribution is 2.37. The molecule has 3 rings (SSSR count). The monoisotopic (exact) mass is 333 g/mol. The van der Waals surface area contributed by atoms with Crippen LogP contribution in [0.5, 0.6) is 5.75 Å². The van der Waals surface area contributed by atoms with Crippen LogP contribution in [-0.4, -0.2) is 24.9 Å². The Kier molecular flexibility index (Phi) is 4.90. The average molecular weight is 334 g/mol. The molecule has 0 unspecified atom stereocenters. The molecule has 0 saturated heterocycles. The summed E-state index contributed by atoms with van der Waals surface area (Å²) in [5, 5.41) is 0. The van der Waals surface area contributed by atoms with Crippen molar-refractivity contribution in [2.45, 2.75) is 16.2 Å². The van der Waals surface area contributed by atoms with E-state index in [0.717, 1.165) is 21.2 Å². The molecule has 0 radical (unpaired) electrons. The van der Waals surface area contributed by atoms with Crippen LogP contribution in [0.25, 0.3) is 0 Å². The van der Waals surface area contributed by atoms with Gasteiger partial charge < -0.3 is 9.64 Å². The molecule has 2 aromatic rings. The molecule has 1 amide bonds. The van der Waals surface area contributed by atoms with Gasteiger partial charge in [0.2, 0.25) is 5.91 Å². The minimum Gasteiger partial charge on any atom is -0.490 e. The van der Waals surface area contributed by atoms with Crippen LogP contribution in [0.2, 0.25) is 0 Å². The lowest BCUT2D eigenvalue weighted by molar-refractivity contribution is -0.118. The van der Waals surface area contributed by atoms with Crippen molar-refractivity contribution in [1.29, 1.82) is 0 Å². The van der Waals surface area contributed by atoms with Crippen LogP contribution in [0, 0.1) is 0 Å². The normalized spacial score (nSPS) is 13.4. The Hall–Kier alpha value is -1.65. The number of carbonyl (C=O) groups excluding carboxylic acids is 1. The number of fused-ring (bicyclic) bond motifs is 1. The molecule has 5 heteroatoms. The Morgan fingerprint density at radius 2 is 2.00 bits per heavy atom. The summed E-state index contributed by atoms with van der Waals surface area (Å²) >= 11 is 7.37. The second kappa shape index (κ2) is 7.07. The van der Waals surface area contributed by atoms with Crippen LogP contribution in [0.1, 0.15) is 6.42 Å². The number of hydrogen-bond donors (Lipinski definition) is 0. The minimum atomic E-state index is 0.0430. The van der Waals surface area contributed by atoms with E-state index in [1.165, 1.54) is 0 Å². The highest BCUT2D eigenvalue weighted by molar-refractivity contribution is 7.99. The van der Waals surface area contributed by atoms with Gasteiger partial charge in [-0.15, -0.1) is 11.6 Å². The van der Waals surface area contributed by atoms with Crippen molar-refractivity contribution in [3.05, 3.63) is 48.5 Å². The Morgan fingerprint density at radius 1 is 1.18 bits per heavy atom. The molecule has 0 aliphatic carbocycles. The number of ether oxygens (including phenoxy) is 1. The first kappa shape index (κ1) is 15.3. The van der Waals surface area contributed by atoms with Crippen LogP contribution in [0.15, 0.2) is 58.3 Å². The molecule has 0 bridgehead atoms. The summed E-state index contributed by atoms with van der Waals surface area (Å²) in [5.41, 5.74) is 0.835. The lowest BCUT2D eigenvalue weighted by atomic mass is 10.2. The van der Waals surface area contributed by atoms with Crippen molar-refractivity contribution in [3.63, 3.8) is 0 Å². The molecule has 0 fully saturated rings. The fraction of sp³-hybridized carbons (Fsp3) is 0.235. The second-order valence-corrected chi connectivity index (χ2v) is 6.40. The van der Waals surface area contributed by atoms with E-state index in [1.54, 1.807) is 16.7 Å². The van der Waals surface area contributed by atoms with Gasteiger partial charge in [0, 0.05) is 22.1 Å². The van der Waals surface area contributed by atoms with Gasteiger partial charge in [0.25, 0.3) is 0 Å². The average Bonchev–Trinajstić information content (AvgIpc) is 2.55. The van der Waals surface area contributed by atoms with E-state index >= 15 is 0 Å². The maximum atomic E-state index is 12.2. The molecule has 3 nitrogen and oxygen atoms in total. The molecular formula is C17H16ClNO2S. The SMILES string of the molecule is O=C(CCCl)N1CCOc2ccc(Sc3ccccc3)cc21. The van der Waals surface area contributed by atoms with Crippen LogP contribution >= 0.6 is 23.4 Å². The molecule has 22 heavy (non-hydrogen) atoms. The molecule has 0 aromatic heterocycles. The highest BCUT2D eigenvalue weighted by atomic mass is 35.5. The first-order valence-corrected chi connectivity index (χ1v) is 8.49. The predicted molar refractivity (Wildman–Crippen MR) is 90.2 cm³/mol. The smallest absolute Gasteiger partial charge is 0.228 e. The second-order valence-electron chi connectivity index (χ2n) is 4.88. The topological polar surface area (TPSA) is 29.5 Å². The fourth-order valence-corrected chi connectivity index (χ4v) is 3.39. The first-order valence-electron chi connectivity index (χ1n) is 7.14. The maximum absolute atomic E-state index is 12.2. The molecule has 2 aromatic carbocycles. The number of halogens is 1. The van der Waals surface area contributed by atoms with Gasteiger partial charge in [0.15, 0.2) is 0 Å². The number of alkyl halides is 1. The molecule has 1 heterocycles. The molecule has 1 aliphatic heterocycles. The van der Waals surface area contributed by atoms with Gasteiger partial charge in [-0.25, -0.2) is 0 Å². The Bertz CT molecular complexity index is 663. The van der Waals surface area contributed by atoms with Crippen molar-refractivity contribution < 1.29 is 9.53 Å². The zero-order valence-electron chi connectivity index (χ0n) is 12.0. The molecule has 114 valence electrons. The van der Waals surface area contributed by atoms with Crippen LogP contribution in [0.3, 0.4) is 0 Å². The third kappa shape index (κ3) is 3.39. The fourth-order valence-electron chi connectivity index (χ4n) is 2.36. The van der Waals surface area contributed by atoms with E-state index in [0.29, 0.717) is 25.5 Å². The third-order valence-electron chi connectivity index (χ3n) is 3.38. The van der Waals surface area contributed by atoms with Gasteiger partial charge in [-0.3, -0.25) is 4.79 Å². The van der Waals surface area contributed by atoms with Crippen LogP contribution < -0.4 is 9.64 Å². The van der Waals surface area contributed by atoms with Crippen molar-refractivity contribution in [3.8, 4) is 5.75 Å². The summed E-state index contributed by atoms with van der Waals surface area (Å²) in [6.07, 6.45) is 0.344. The van der Waals surface area contributed by atoms with Crippen LogP contribution in [-0.2, 0) is 4.79 Å². The molecule has 1 aliphatic rings. The first-order chi connectivity index (χ1) is 10.8. The largest absolute Gasteiger partial charge is 0.490 e. The number of carbonyl (C=O) groups is 1. The summed E-state index contributed by atoms with van der Waals surface area (Å²) in [7, 11) is 0. The number of rotatable bonds is 4. The third-order valence-corrected chi connectivity index (χ3v) is 4.57. The van der Waals surface area contributed by atoms with Gasteiger partial charge >= 0.3 is 0 Å². The van der Waals surface area contributed by atoms with Crippen LogP contribution in [0.4, 0.5) is 5.69 Å². The standard InChI is InChI=1S/C17H16ClNO2S/c18-9-8-17(20)19-10-11-21-16-7-6-14(12-15(16)19)22-13-4-2-1-3-5-13/h1-7,12H,8-11H2. The quantitative estimate of drug-likeness (QED) is 0.786. The molecular weight excluding hydrogens is 318 g/mol. The maximum Gasteiger partial charge on any atom is 0.228 e. The Labute approximate surface area is 139 Å². The summed E-state index contributed by atoms with van der Waals surface area (Å²) in [5.74, 6) is 1.14. The number of benzene rings is 2. The lowest BCUT2D eigenvalue weighted by Gasteiger charge is -2.29. The van der Waals surface area contributed by atoms with E-state index in [4.69, 9.17) is 16.3 Å².